The molecule has 164 valence electrons. The highest BCUT2D eigenvalue weighted by Crippen LogP contribution is 2.37. The molecule has 3 heterocycles. The van der Waals surface area contributed by atoms with Crippen molar-refractivity contribution >= 4 is 5.65 Å². The number of aromatic nitrogens is 3. The summed E-state index contributed by atoms with van der Waals surface area (Å²) in [7, 11) is 0. The van der Waals surface area contributed by atoms with Crippen LogP contribution in [0.15, 0.2) is 42.6 Å². The summed E-state index contributed by atoms with van der Waals surface area (Å²) in [6, 6.07) is 11.6. The van der Waals surface area contributed by atoms with E-state index in [1.165, 1.54) is 4.40 Å². The van der Waals surface area contributed by atoms with Crippen LogP contribution in [0.3, 0.4) is 0 Å². The lowest BCUT2D eigenvalue weighted by atomic mass is 9.97. The largest absolute Gasteiger partial charge is 0.420 e. The third-order valence-corrected chi connectivity index (χ3v) is 6.22. The standard InChI is InChI=1S/C23H25F3N4O/c24-23(25,26)21-17(8-10-30-20(12-15-6-7-15)28-29-22(21)30)14-27-18-9-11-31-19(13-18)16-4-2-1-3-5-16/h1-5,8,10,15,18-19,27H,6-7,9,11-14H2/t18-,19-/m0/s1. The van der Waals surface area contributed by atoms with Crippen molar-refractivity contribution < 1.29 is 17.9 Å². The van der Waals surface area contributed by atoms with Crippen LogP contribution in [-0.4, -0.2) is 27.2 Å². The predicted molar refractivity (Wildman–Crippen MR) is 109 cm³/mol. The van der Waals surface area contributed by atoms with E-state index in [2.05, 4.69) is 15.5 Å². The Bertz CT molecular complexity index is 1050. The summed E-state index contributed by atoms with van der Waals surface area (Å²) in [5, 5.41) is 11.3. The van der Waals surface area contributed by atoms with Crippen LogP contribution in [0.1, 0.15) is 54.3 Å². The number of pyridine rings is 1. The molecule has 5 rings (SSSR count). The fourth-order valence-electron chi connectivity index (χ4n) is 4.35. The lowest BCUT2D eigenvalue weighted by Gasteiger charge is -2.31. The van der Waals surface area contributed by atoms with Crippen LogP contribution in [0.5, 0.6) is 0 Å². The lowest BCUT2D eigenvalue weighted by molar-refractivity contribution is -0.137. The van der Waals surface area contributed by atoms with Gasteiger partial charge in [-0.2, -0.15) is 13.2 Å². The van der Waals surface area contributed by atoms with Gasteiger partial charge in [0.25, 0.3) is 0 Å². The monoisotopic (exact) mass is 430 g/mol. The van der Waals surface area contributed by atoms with Gasteiger partial charge >= 0.3 is 6.18 Å². The average Bonchev–Trinajstić information content (AvgIpc) is 3.50. The quantitative estimate of drug-likeness (QED) is 0.615. The molecule has 31 heavy (non-hydrogen) atoms. The van der Waals surface area contributed by atoms with Gasteiger partial charge in [-0.15, -0.1) is 10.2 Å². The van der Waals surface area contributed by atoms with Crippen molar-refractivity contribution in [2.45, 2.75) is 57.0 Å². The first-order valence-corrected chi connectivity index (χ1v) is 10.8. The van der Waals surface area contributed by atoms with Gasteiger partial charge in [-0.3, -0.25) is 4.40 Å². The molecule has 1 aromatic carbocycles. The molecule has 2 aromatic heterocycles. The van der Waals surface area contributed by atoms with E-state index >= 15 is 0 Å². The first-order valence-electron chi connectivity index (χ1n) is 10.8. The van der Waals surface area contributed by atoms with Crippen molar-refractivity contribution in [1.29, 1.82) is 0 Å². The van der Waals surface area contributed by atoms with Crippen LogP contribution in [0, 0.1) is 5.92 Å². The molecule has 0 bridgehead atoms. The van der Waals surface area contributed by atoms with Crippen molar-refractivity contribution in [3.8, 4) is 0 Å². The Morgan fingerprint density at radius 3 is 2.61 bits per heavy atom. The van der Waals surface area contributed by atoms with E-state index in [1.807, 2.05) is 30.3 Å². The summed E-state index contributed by atoms with van der Waals surface area (Å²) in [4.78, 5) is 0. The Labute approximate surface area is 178 Å². The van der Waals surface area contributed by atoms with Gasteiger partial charge in [-0.1, -0.05) is 30.3 Å². The van der Waals surface area contributed by atoms with Gasteiger partial charge in [0.2, 0.25) is 0 Å². The Hall–Kier alpha value is -2.45. The van der Waals surface area contributed by atoms with Crippen molar-refractivity contribution in [2.75, 3.05) is 6.61 Å². The first kappa shape index (κ1) is 20.5. The molecule has 0 radical (unpaired) electrons. The number of alkyl halides is 3. The van der Waals surface area contributed by atoms with Crippen LogP contribution in [0.25, 0.3) is 5.65 Å². The van der Waals surface area contributed by atoms with Crippen LogP contribution < -0.4 is 5.32 Å². The number of halogens is 3. The fourth-order valence-corrected chi connectivity index (χ4v) is 4.35. The van der Waals surface area contributed by atoms with E-state index in [0.717, 1.165) is 31.2 Å². The molecule has 1 saturated carbocycles. The minimum absolute atomic E-state index is 0.0431. The molecule has 0 amide bonds. The number of nitrogens with one attached hydrogen (secondary N) is 1. The zero-order valence-electron chi connectivity index (χ0n) is 17.1. The summed E-state index contributed by atoms with van der Waals surface area (Å²) < 4.78 is 49.3. The molecular weight excluding hydrogens is 405 g/mol. The smallest absolute Gasteiger partial charge is 0.373 e. The summed E-state index contributed by atoms with van der Waals surface area (Å²) in [5.74, 6) is 1.13. The number of nitrogens with zero attached hydrogens (tertiary/aromatic N) is 3. The van der Waals surface area contributed by atoms with E-state index < -0.39 is 11.7 Å². The summed E-state index contributed by atoms with van der Waals surface area (Å²) in [5.41, 5.74) is 0.506. The van der Waals surface area contributed by atoms with Crippen molar-refractivity contribution in [3.63, 3.8) is 0 Å². The molecule has 8 heteroatoms. The van der Waals surface area contributed by atoms with Crippen LogP contribution in [0.4, 0.5) is 13.2 Å². The van der Waals surface area contributed by atoms with Crippen LogP contribution in [-0.2, 0) is 23.9 Å². The summed E-state index contributed by atoms with van der Waals surface area (Å²) >= 11 is 0. The van der Waals surface area contributed by atoms with Gasteiger partial charge in [0, 0.05) is 31.8 Å². The SMILES string of the molecule is FC(F)(F)c1c(CN[C@H]2CCO[C@H](c3ccccc3)C2)ccn2c(CC3CC3)nnc12. The van der Waals surface area contributed by atoms with Gasteiger partial charge in [-0.05, 0) is 48.8 Å². The predicted octanol–water partition coefficient (Wildman–Crippen LogP) is 4.71. The highest BCUT2D eigenvalue weighted by molar-refractivity contribution is 5.53. The molecule has 3 aromatic rings. The molecule has 1 aliphatic carbocycles. The molecular formula is C23H25F3N4O. The minimum Gasteiger partial charge on any atom is -0.373 e. The first-order chi connectivity index (χ1) is 15.0. The highest BCUT2D eigenvalue weighted by atomic mass is 19.4. The van der Waals surface area contributed by atoms with Gasteiger partial charge in [0.15, 0.2) is 5.65 Å². The number of rotatable bonds is 6. The molecule has 1 N–H and O–H groups in total. The number of ether oxygens (including phenoxy) is 1. The minimum atomic E-state index is -4.49. The van der Waals surface area contributed by atoms with Gasteiger partial charge < -0.3 is 10.1 Å². The van der Waals surface area contributed by atoms with E-state index in [1.54, 1.807) is 12.3 Å². The molecule has 1 aliphatic heterocycles. The maximum Gasteiger partial charge on any atom is 0.420 e. The second kappa shape index (κ2) is 8.24. The van der Waals surface area contributed by atoms with E-state index in [-0.39, 0.29) is 29.9 Å². The van der Waals surface area contributed by atoms with Gasteiger partial charge in [-0.25, -0.2) is 0 Å². The molecule has 0 spiro atoms. The molecule has 2 atom stereocenters. The van der Waals surface area contributed by atoms with Crippen molar-refractivity contribution in [1.82, 2.24) is 19.9 Å². The third-order valence-electron chi connectivity index (χ3n) is 6.22. The third kappa shape index (κ3) is 4.45. The van der Waals surface area contributed by atoms with Crippen molar-refractivity contribution in [2.24, 2.45) is 5.92 Å². The highest BCUT2D eigenvalue weighted by Gasteiger charge is 2.38. The second-order valence-electron chi connectivity index (χ2n) is 8.54. The number of benzene rings is 1. The molecule has 2 fully saturated rings. The zero-order valence-corrected chi connectivity index (χ0v) is 17.1. The molecule has 5 nitrogen and oxygen atoms in total. The Morgan fingerprint density at radius 2 is 1.87 bits per heavy atom. The van der Waals surface area contributed by atoms with E-state index in [4.69, 9.17) is 4.74 Å². The Morgan fingerprint density at radius 1 is 1.06 bits per heavy atom. The number of fused-ring (bicyclic) bond motifs is 1. The topological polar surface area (TPSA) is 51.5 Å². The Kier molecular flexibility index (Phi) is 5.44. The molecule has 0 unspecified atom stereocenters. The Balaban J connectivity index is 1.35. The van der Waals surface area contributed by atoms with E-state index in [0.29, 0.717) is 24.8 Å². The maximum atomic E-state index is 14.0. The van der Waals surface area contributed by atoms with Crippen LogP contribution in [0.2, 0.25) is 0 Å². The maximum absolute atomic E-state index is 14.0. The van der Waals surface area contributed by atoms with Crippen molar-refractivity contribution in [3.05, 3.63) is 65.1 Å². The normalized spacial score (nSPS) is 22.2. The lowest BCUT2D eigenvalue weighted by Crippen LogP contribution is -2.36. The van der Waals surface area contributed by atoms with Gasteiger partial charge in [0.1, 0.15) is 11.4 Å². The fraction of sp³-hybridized carbons (Fsp3) is 0.478. The number of hydrogen-bond donors (Lipinski definition) is 1. The second-order valence-corrected chi connectivity index (χ2v) is 8.54. The zero-order chi connectivity index (χ0) is 21.4. The molecule has 1 saturated heterocycles. The average molecular weight is 430 g/mol. The summed E-state index contributed by atoms with van der Waals surface area (Å²) in [6.45, 7) is 0.708. The summed E-state index contributed by atoms with van der Waals surface area (Å²) in [6.07, 6.45) is 1.53. The number of hydrogen-bond acceptors (Lipinski definition) is 4. The van der Waals surface area contributed by atoms with E-state index in [9.17, 15) is 13.2 Å². The van der Waals surface area contributed by atoms with Crippen LogP contribution >= 0.6 is 0 Å². The molecule has 2 aliphatic rings. The van der Waals surface area contributed by atoms with Gasteiger partial charge in [0.05, 0.1) is 6.10 Å².